The van der Waals surface area contributed by atoms with Gasteiger partial charge in [-0.3, -0.25) is 23.6 Å². The first kappa shape index (κ1) is 28.1. The van der Waals surface area contributed by atoms with Gasteiger partial charge in [-0.1, -0.05) is 42.0 Å². The van der Waals surface area contributed by atoms with E-state index >= 15 is 0 Å². The molecule has 3 heterocycles. The molecule has 1 saturated heterocycles. The van der Waals surface area contributed by atoms with Crippen LogP contribution < -0.4 is 26.5 Å². The topological polar surface area (TPSA) is 109 Å². The molecule has 1 aromatic heterocycles. The lowest BCUT2D eigenvalue weighted by Crippen LogP contribution is -2.61. The molecule has 2 aliphatic heterocycles. The first-order valence-electron chi connectivity index (χ1n) is 12.3. The molecule has 1 aromatic carbocycles. The van der Waals surface area contributed by atoms with E-state index in [9.17, 15) is 32.3 Å². The Kier molecular flexibility index (Phi) is 7.97. The van der Waals surface area contributed by atoms with Gasteiger partial charge in [-0.25, -0.2) is 9.59 Å². The van der Waals surface area contributed by atoms with Crippen molar-refractivity contribution in [2.75, 3.05) is 42.7 Å². The molecule has 4 rings (SSSR count). The highest BCUT2D eigenvalue weighted by Crippen LogP contribution is 2.38. The number of piperazine rings is 1. The Morgan fingerprint density at radius 3 is 2.33 bits per heavy atom. The molecule has 1 fully saturated rings. The van der Waals surface area contributed by atoms with Gasteiger partial charge in [-0.05, 0) is 13.8 Å². The molecule has 0 aliphatic carbocycles. The number of carbonyl (C=O) groups is 2. The molecule has 14 heteroatoms. The molecule has 1 unspecified atom stereocenters. The number of hydroxylamine groups is 1. The normalized spacial score (nSPS) is 17.6. The Bertz CT molecular complexity index is 1390. The van der Waals surface area contributed by atoms with E-state index in [-0.39, 0.29) is 23.6 Å². The number of hydrogen-bond acceptors (Lipinski definition) is 9. The summed E-state index contributed by atoms with van der Waals surface area (Å²) in [5.74, 6) is -3.30. The molecular weight excluding hydrogens is 521 g/mol. The summed E-state index contributed by atoms with van der Waals surface area (Å²) in [6, 6.07) is 8.09. The number of ketones is 1. The van der Waals surface area contributed by atoms with Gasteiger partial charge in [0.2, 0.25) is 0 Å². The summed E-state index contributed by atoms with van der Waals surface area (Å²) >= 11 is 0. The Hall–Kier alpha value is -3.91. The predicted octanol–water partition coefficient (Wildman–Crippen LogP) is 1.23. The molecular formula is C25H29F3N6O5. The fourth-order valence-corrected chi connectivity index (χ4v) is 4.55. The number of nitrogens with zero attached hydrogens (tertiary/aromatic N) is 5. The molecule has 0 saturated carbocycles. The van der Waals surface area contributed by atoms with E-state index in [1.54, 1.807) is 41.3 Å². The zero-order valence-corrected chi connectivity index (χ0v) is 21.7. The third-order valence-electron chi connectivity index (χ3n) is 6.46. The number of carbonyl (C=O) groups excluding carboxylic acids is 2. The second kappa shape index (κ2) is 11.1. The number of halogens is 3. The van der Waals surface area contributed by atoms with Crippen molar-refractivity contribution in [1.82, 2.24) is 19.4 Å². The van der Waals surface area contributed by atoms with Crippen LogP contribution in [0.15, 0.2) is 51.6 Å². The van der Waals surface area contributed by atoms with E-state index < -0.39 is 42.0 Å². The second-order valence-corrected chi connectivity index (χ2v) is 9.46. The van der Waals surface area contributed by atoms with Gasteiger partial charge in [-0.15, -0.1) is 5.06 Å². The van der Waals surface area contributed by atoms with Crippen LogP contribution in [0, 0.1) is 0 Å². The quantitative estimate of drug-likeness (QED) is 0.402. The summed E-state index contributed by atoms with van der Waals surface area (Å²) in [5.41, 5.74) is -0.836. The summed E-state index contributed by atoms with van der Waals surface area (Å²) in [5, 5.41) is 3.83. The van der Waals surface area contributed by atoms with E-state index in [1.165, 1.54) is 11.9 Å². The number of fused-ring (bicyclic) bond motifs is 1. The number of rotatable bonds is 7. The molecule has 1 N–H and O–H groups in total. The molecule has 1 atom stereocenters. The summed E-state index contributed by atoms with van der Waals surface area (Å²) in [7, 11) is 1.25. The molecule has 39 heavy (non-hydrogen) atoms. The average molecular weight is 551 g/mol. The molecule has 11 nitrogen and oxygen atoms in total. The van der Waals surface area contributed by atoms with Crippen LogP contribution >= 0.6 is 0 Å². The zero-order valence-electron chi connectivity index (χ0n) is 21.7. The Labute approximate surface area is 221 Å². The number of hydrogen-bond donors (Lipinski definition) is 1. The number of benzene rings is 1. The van der Waals surface area contributed by atoms with Crippen LogP contribution in [0.2, 0.25) is 0 Å². The maximum Gasteiger partial charge on any atom is 0.493 e. The molecule has 0 amide bonds. The minimum Gasteiger partial charge on any atom is -0.327 e. The standard InChI is InChI=1S/C25H29F3N6O5/c1-16(2)9-12-32-19-20(34(39-22(37)25(26,27)28)23(32)31-13-10-29-11-14-31)30(3)24(38)33(21(19)36)15-18(35)17-7-5-4-6-8-17/h4-9,23,29H,10-15H2,1-3H3. The molecule has 0 spiro atoms. The summed E-state index contributed by atoms with van der Waals surface area (Å²) in [4.78, 5) is 60.2. The van der Waals surface area contributed by atoms with Crippen molar-refractivity contribution in [3.05, 3.63) is 68.4 Å². The van der Waals surface area contributed by atoms with Gasteiger partial charge in [0.25, 0.3) is 5.56 Å². The van der Waals surface area contributed by atoms with Crippen molar-refractivity contribution in [2.45, 2.75) is 32.9 Å². The van der Waals surface area contributed by atoms with Gasteiger partial charge in [0.15, 0.2) is 23.6 Å². The fraction of sp³-hybridized carbons (Fsp3) is 0.440. The van der Waals surface area contributed by atoms with Gasteiger partial charge in [0.05, 0.1) is 6.54 Å². The lowest BCUT2D eigenvalue weighted by molar-refractivity contribution is -0.203. The zero-order chi connectivity index (χ0) is 28.5. The van der Waals surface area contributed by atoms with Crippen molar-refractivity contribution in [3.8, 4) is 0 Å². The number of Topliss-reactive ketones (excluding diaryl/α,β-unsaturated/α-hetero) is 1. The Morgan fingerprint density at radius 2 is 1.74 bits per heavy atom. The lowest BCUT2D eigenvalue weighted by Gasteiger charge is -2.40. The molecule has 2 aliphatic rings. The van der Waals surface area contributed by atoms with E-state index in [0.29, 0.717) is 31.2 Å². The molecule has 210 valence electrons. The molecule has 0 bridgehead atoms. The van der Waals surface area contributed by atoms with E-state index in [2.05, 4.69) is 5.32 Å². The summed E-state index contributed by atoms with van der Waals surface area (Å²) in [6.07, 6.45) is -4.71. The van der Waals surface area contributed by atoms with Gasteiger partial charge < -0.3 is 15.1 Å². The van der Waals surface area contributed by atoms with Crippen molar-refractivity contribution >= 4 is 23.3 Å². The van der Waals surface area contributed by atoms with E-state index in [1.807, 2.05) is 13.8 Å². The number of allylic oxidation sites excluding steroid dienone is 1. The second-order valence-electron chi connectivity index (χ2n) is 9.46. The minimum atomic E-state index is -5.32. The highest BCUT2D eigenvalue weighted by molar-refractivity contribution is 5.95. The summed E-state index contributed by atoms with van der Waals surface area (Å²) < 4.78 is 41.6. The van der Waals surface area contributed by atoms with Crippen LogP contribution in [0.3, 0.4) is 0 Å². The highest BCUT2D eigenvalue weighted by atomic mass is 19.4. The minimum absolute atomic E-state index is 0.0596. The monoisotopic (exact) mass is 550 g/mol. The smallest absolute Gasteiger partial charge is 0.327 e. The Balaban J connectivity index is 1.90. The van der Waals surface area contributed by atoms with Crippen molar-refractivity contribution in [2.24, 2.45) is 7.05 Å². The Morgan fingerprint density at radius 1 is 1.10 bits per heavy atom. The van der Waals surface area contributed by atoms with Gasteiger partial charge in [-0.2, -0.15) is 13.2 Å². The van der Waals surface area contributed by atoms with Crippen LogP contribution in [0.4, 0.5) is 24.7 Å². The number of alkyl halides is 3. The van der Waals surface area contributed by atoms with E-state index in [4.69, 9.17) is 4.84 Å². The maximum atomic E-state index is 13.8. The van der Waals surface area contributed by atoms with Crippen LogP contribution in [0.25, 0.3) is 0 Å². The van der Waals surface area contributed by atoms with E-state index in [0.717, 1.165) is 14.7 Å². The first-order valence-corrected chi connectivity index (χ1v) is 12.3. The maximum absolute atomic E-state index is 13.8. The van der Waals surface area contributed by atoms with Crippen LogP contribution in [0.5, 0.6) is 0 Å². The molecule has 0 radical (unpaired) electrons. The largest absolute Gasteiger partial charge is 0.493 e. The average Bonchev–Trinajstić information content (AvgIpc) is 3.22. The van der Waals surface area contributed by atoms with Crippen LogP contribution in [0.1, 0.15) is 24.2 Å². The number of nitrogens with one attached hydrogen (secondary N) is 1. The van der Waals surface area contributed by atoms with Crippen molar-refractivity contribution in [1.29, 1.82) is 0 Å². The van der Waals surface area contributed by atoms with Gasteiger partial charge >= 0.3 is 17.8 Å². The van der Waals surface area contributed by atoms with Crippen molar-refractivity contribution < 1.29 is 27.6 Å². The van der Waals surface area contributed by atoms with Gasteiger partial charge in [0, 0.05) is 45.3 Å². The number of anilines is 2. The first-order chi connectivity index (χ1) is 18.4. The highest BCUT2D eigenvalue weighted by Gasteiger charge is 2.50. The third kappa shape index (κ3) is 5.61. The van der Waals surface area contributed by atoms with Crippen LogP contribution in [-0.2, 0) is 23.2 Å². The molecule has 2 aromatic rings. The lowest BCUT2D eigenvalue weighted by atomic mass is 10.1. The number of aromatic nitrogens is 2. The van der Waals surface area contributed by atoms with Gasteiger partial charge in [0.1, 0.15) is 0 Å². The predicted molar refractivity (Wildman–Crippen MR) is 136 cm³/mol. The third-order valence-corrected chi connectivity index (χ3v) is 6.46. The fourth-order valence-electron chi connectivity index (χ4n) is 4.55. The SMILES string of the molecule is CC(C)=CCN1c2c(n(C)c(=O)n(CC(=O)c3ccccc3)c2=O)N(OC(=O)C(F)(F)F)C1N1CCNCC1. The summed E-state index contributed by atoms with van der Waals surface area (Å²) in [6.45, 7) is 4.82. The van der Waals surface area contributed by atoms with Crippen LogP contribution in [-0.4, -0.2) is 71.0 Å². The van der Waals surface area contributed by atoms with Crippen molar-refractivity contribution in [3.63, 3.8) is 0 Å².